The Bertz CT molecular complexity index is 369. The highest BCUT2D eigenvalue weighted by Gasteiger charge is 2.34. The third kappa shape index (κ3) is 2.30. The summed E-state index contributed by atoms with van der Waals surface area (Å²) in [5.41, 5.74) is 0.574. The van der Waals surface area contributed by atoms with E-state index in [0.717, 1.165) is 0 Å². The third-order valence-electron chi connectivity index (χ3n) is 2.34. The molecule has 0 spiro atoms. The maximum atomic E-state index is 11.1. The van der Waals surface area contributed by atoms with Crippen LogP contribution in [-0.4, -0.2) is 30.9 Å². The summed E-state index contributed by atoms with van der Waals surface area (Å²) in [6.07, 6.45) is 4.66. The highest BCUT2D eigenvalue weighted by Crippen LogP contribution is 2.26. The molecule has 0 fully saturated rings. The summed E-state index contributed by atoms with van der Waals surface area (Å²) in [6.45, 7) is 1.76. The van der Waals surface area contributed by atoms with E-state index in [9.17, 15) is 9.59 Å². The quantitative estimate of drug-likeness (QED) is 0.510. The van der Waals surface area contributed by atoms with Crippen molar-refractivity contribution in [1.29, 1.82) is 0 Å². The number of rotatable bonds is 2. The lowest BCUT2D eigenvalue weighted by Crippen LogP contribution is -2.28. The Morgan fingerprint density at radius 1 is 1.50 bits per heavy atom. The van der Waals surface area contributed by atoms with Crippen LogP contribution in [0.1, 0.15) is 13.3 Å². The first kappa shape index (κ1) is 10.9. The second-order valence-corrected chi connectivity index (χ2v) is 3.55. The molecule has 2 aliphatic heterocycles. The first-order valence-corrected chi connectivity index (χ1v) is 5.03. The topological polar surface area (TPSA) is 61.8 Å². The summed E-state index contributed by atoms with van der Waals surface area (Å²) in [5.74, 6) is -0.989. The second-order valence-electron chi connectivity index (χ2n) is 3.55. The zero-order valence-corrected chi connectivity index (χ0v) is 8.84. The fraction of sp³-hybridized carbons (Fsp3) is 0.455. The van der Waals surface area contributed by atoms with Crippen LogP contribution in [-0.2, 0) is 23.8 Å². The van der Waals surface area contributed by atoms with Gasteiger partial charge in [0.25, 0.3) is 6.29 Å². The zero-order valence-electron chi connectivity index (χ0n) is 8.84. The summed E-state index contributed by atoms with van der Waals surface area (Å²) in [7, 11) is 0. The molecule has 2 aliphatic rings. The Labute approximate surface area is 92.7 Å². The highest BCUT2D eigenvalue weighted by molar-refractivity contribution is 5.86. The van der Waals surface area contributed by atoms with Gasteiger partial charge < -0.3 is 14.2 Å². The van der Waals surface area contributed by atoms with E-state index in [1.165, 1.54) is 13.0 Å². The van der Waals surface area contributed by atoms with E-state index >= 15 is 0 Å². The smallest absolute Gasteiger partial charge is 0.334 e. The SMILES string of the molecule is CC(=O)O[C@H]1OC(=O)C=C1[C@H]1CC=CCO1. The molecular formula is C11H12O5. The van der Waals surface area contributed by atoms with Gasteiger partial charge in [-0.2, -0.15) is 0 Å². The second kappa shape index (κ2) is 4.49. The van der Waals surface area contributed by atoms with Crippen molar-refractivity contribution in [1.82, 2.24) is 0 Å². The van der Waals surface area contributed by atoms with Crippen molar-refractivity contribution in [3.8, 4) is 0 Å². The lowest BCUT2D eigenvalue weighted by atomic mass is 10.1. The number of esters is 2. The van der Waals surface area contributed by atoms with E-state index in [-0.39, 0.29) is 6.10 Å². The summed E-state index contributed by atoms with van der Waals surface area (Å²) >= 11 is 0. The van der Waals surface area contributed by atoms with Crippen molar-refractivity contribution in [2.45, 2.75) is 25.7 Å². The maximum absolute atomic E-state index is 11.1. The van der Waals surface area contributed by atoms with Crippen LogP contribution in [0.3, 0.4) is 0 Å². The van der Waals surface area contributed by atoms with Gasteiger partial charge in [-0.25, -0.2) is 4.79 Å². The molecule has 0 unspecified atom stereocenters. The largest absolute Gasteiger partial charge is 0.421 e. The maximum Gasteiger partial charge on any atom is 0.334 e. The predicted octanol–water partition coefficient (Wildman–Crippen LogP) is 0.704. The molecule has 0 aliphatic carbocycles. The van der Waals surface area contributed by atoms with Gasteiger partial charge in [0.1, 0.15) is 0 Å². The Morgan fingerprint density at radius 3 is 2.94 bits per heavy atom. The molecule has 2 atom stereocenters. The highest BCUT2D eigenvalue weighted by atomic mass is 16.7. The van der Waals surface area contributed by atoms with Crippen LogP contribution in [0, 0.1) is 0 Å². The Morgan fingerprint density at radius 2 is 2.31 bits per heavy atom. The molecule has 0 aromatic rings. The fourth-order valence-electron chi connectivity index (χ4n) is 1.66. The van der Waals surface area contributed by atoms with Crippen LogP contribution in [0.25, 0.3) is 0 Å². The van der Waals surface area contributed by atoms with Gasteiger partial charge in [-0.1, -0.05) is 12.2 Å². The van der Waals surface area contributed by atoms with Crippen molar-refractivity contribution in [2.75, 3.05) is 6.61 Å². The first-order chi connectivity index (χ1) is 7.66. The molecule has 0 bridgehead atoms. The minimum absolute atomic E-state index is 0.249. The minimum Gasteiger partial charge on any atom is -0.421 e. The van der Waals surface area contributed by atoms with Crippen LogP contribution >= 0.6 is 0 Å². The van der Waals surface area contributed by atoms with E-state index in [4.69, 9.17) is 14.2 Å². The van der Waals surface area contributed by atoms with Crippen LogP contribution in [0.5, 0.6) is 0 Å². The number of ether oxygens (including phenoxy) is 3. The molecule has 5 heteroatoms. The molecule has 2 heterocycles. The molecule has 0 saturated heterocycles. The van der Waals surface area contributed by atoms with Crippen molar-refractivity contribution in [2.24, 2.45) is 0 Å². The molecule has 86 valence electrons. The summed E-state index contributed by atoms with van der Waals surface area (Å²) < 4.78 is 15.2. The molecule has 5 nitrogen and oxygen atoms in total. The van der Waals surface area contributed by atoms with Crippen LogP contribution in [0.4, 0.5) is 0 Å². The standard InChI is InChI=1S/C11H12O5/c1-7(12)15-11-8(6-10(13)16-11)9-4-2-3-5-14-9/h2-3,6,9,11H,4-5H2,1H3/t9-,11+/m1/s1. The average molecular weight is 224 g/mol. The van der Waals surface area contributed by atoms with E-state index < -0.39 is 18.2 Å². The summed E-state index contributed by atoms with van der Waals surface area (Å²) in [6, 6.07) is 0. The van der Waals surface area contributed by atoms with Gasteiger partial charge in [0, 0.05) is 18.6 Å². The van der Waals surface area contributed by atoms with Crippen molar-refractivity contribution in [3.05, 3.63) is 23.8 Å². The molecule has 0 aromatic heterocycles. The fourth-order valence-corrected chi connectivity index (χ4v) is 1.66. The van der Waals surface area contributed by atoms with Crippen molar-refractivity contribution >= 4 is 11.9 Å². The third-order valence-corrected chi connectivity index (χ3v) is 2.34. The summed E-state index contributed by atoms with van der Waals surface area (Å²) in [4.78, 5) is 22.0. The van der Waals surface area contributed by atoms with Gasteiger partial charge in [-0.3, -0.25) is 4.79 Å². The summed E-state index contributed by atoms with van der Waals surface area (Å²) in [5, 5.41) is 0. The number of cyclic esters (lactones) is 1. The predicted molar refractivity (Wildman–Crippen MR) is 53.2 cm³/mol. The van der Waals surface area contributed by atoms with Gasteiger partial charge in [0.05, 0.1) is 12.7 Å². The Kier molecular flexibility index (Phi) is 3.05. The van der Waals surface area contributed by atoms with Gasteiger partial charge in [0.2, 0.25) is 0 Å². The van der Waals surface area contributed by atoms with Crippen LogP contribution in [0.15, 0.2) is 23.8 Å². The average Bonchev–Trinajstić information content (AvgIpc) is 2.60. The Balaban J connectivity index is 2.10. The molecule has 0 N–H and O–H groups in total. The lowest BCUT2D eigenvalue weighted by molar-refractivity contribution is -0.173. The molecule has 0 amide bonds. The molecular weight excluding hydrogens is 212 g/mol. The minimum atomic E-state index is -0.929. The van der Waals surface area contributed by atoms with Gasteiger partial charge in [-0.05, 0) is 6.42 Å². The molecule has 0 saturated carbocycles. The monoisotopic (exact) mass is 224 g/mol. The van der Waals surface area contributed by atoms with Gasteiger partial charge in [-0.15, -0.1) is 0 Å². The van der Waals surface area contributed by atoms with E-state index in [1.807, 2.05) is 12.2 Å². The lowest BCUT2D eigenvalue weighted by Gasteiger charge is -2.23. The van der Waals surface area contributed by atoms with E-state index in [2.05, 4.69) is 0 Å². The first-order valence-electron chi connectivity index (χ1n) is 5.03. The van der Waals surface area contributed by atoms with Crippen molar-refractivity contribution in [3.63, 3.8) is 0 Å². The number of hydrogen-bond donors (Lipinski definition) is 0. The molecule has 0 radical (unpaired) electrons. The number of hydrogen-bond acceptors (Lipinski definition) is 5. The van der Waals surface area contributed by atoms with Gasteiger partial charge >= 0.3 is 11.9 Å². The van der Waals surface area contributed by atoms with Crippen LogP contribution < -0.4 is 0 Å². The zero-order chi connectivity index (χ0) is 11.5. The van der Waals surface area contributed by atoms with Gasteiger partial charge in [0.15, 0.2) is 0 Å². The van der Waals surface area contributed by atoms with E-state index in [1.54, 1.807) is 0 Å². The normalized spacial score (nSPS) is 28.6. The van der Waals surface area contributed by atoms with E-state index in [0.29, 0.717) is 18.6 Å². The molecule has 16 heavy (non-hydrogen) atoms. The van der Waals surface area contributed by atoms with Crippen molar-refractivity contribution < 1.29 is 23.8 Å². The van der Waals surface area contributed by atoms with Crippen LogP contribution in [0.2, 0.25) is 0 Å². The number of carbonyl (C=O) groups excluding carboxylic acids is 2. The number of carbonyl (C=O) groups is 2. The molecule has 0 aromatic carbocycles. The Hall–Kier alpha value is -1.62. The molecule has 2 rings (SSSR count).